The van der Waals surface area contributed by atoms with Crippen LogP contribution in [0.5, 0.6) is 0 Å². The van der Waals surface area contributed by atoms with Crippen molar-refractivity contribution in [3.8, 4) is 0 Å². The average molecular weight is 384 g/mol. The number of hydrogen-bond acceptors (Lipinski definition) is 4. The molecule has 1 aliphatic rings. The lowest BCUT2D eigenvalue weighted by molar-refractivity contribution is 0.181. The number of amides is 1. The van der Waals surface area contributed by atoms with Crippen molar-refractivity contribution in [1.29, 1.82) is 0 Å². The van der Waals surface area contributed by atoms with E-state index in [1.165, 1.54) is 0 Å². The molecule has 0 radical (unpaired) electrons. The van der Waals surface area contributed by atoms with Gasteiger partial charge in [-0.3, -0.25) is 4.90 Å². The lowest BCUT2D eigenvalue weighted by Gasteiger charge is -2.14. The van der Waals surface area contributed by atoms with Crippen molar-refractivity contribution in [3.63, 3.8) is 0 Å². The molecule has 0 spiro atoms. The number of nitrogens with zero attached hydrogens (tertiary/aromatic N) is 2. The first-order valence-corrected chi connectivity index (χ1v) is 9.69. The number of guanidine groups is 1. The van der Waals surface area contributed by atoms with E-state index in [2.05, 4.69) is 29.5 Å². The minimum Gasteiger partial charge on any atom is -0.469 e. The number of benzene rings is 1. The Bertz CT molecular complexity index is 769. The van der Waals surface area contributed by atoms with Crippen LogP contribution in [0.1, 0.15) is 25.2 Å². The molecule has 1 aromatic heterocycles. The summed E-state index contributed by atoms with van der Waals surface area (Å²) in [6.45, 7) is 7.51. The molecular formula is C21H28N4O3. The largest absolute Gasteiger partial charge is 0.469 e. The molecule has 1 aliphatic heterocycles. The highest BCUT2D eigenvalue weighted by atomic mass is 16.6. The third kappa shape index (κ3) is 5.77. The molecule has 2 heterocycles. The van der Waals surface area contributed by atoms with Gasteiger partial charge in [-0.1, -0.05) is 26.0 Å². The minimum atomic E-state index is -0.285. The van der Waals surface area contributed by atoms with Crippen LogP contribution < -0.4 is 15.5 Å². The molecule has 1 amide bonds. The zero-order chi connectivity index (χ0) is 19.8. The maximum absolute atomic E-state index is 11.6. The van der Waals surface area contributed by atoms with Gasteiger partial charge >= 0.3 is 6.09 Å². The first-order valence-electron chi connectivity index (χ1n) is 9.69. The summed E-state index contributed by atoms with van der Waals surface area (Å²) in [5.74, 6) is 2.26. The van der Waals surface area contributed by atoms with E-state index in [0.717, 1.165) is 42.5 Å². The number of cyclic esters (lactones) is 1. The van der Waals surface area contributed by atoms with Gasteiger partial charge in [-0.25, -0.2) is 9.79 Å². The maximum Gasteiger partial charge on any atom is 0.414 e. The lowest BCUT2D eigenvalue weighted by atomic mass is 10.2. The number of rotatable bonds is 8. The fraction of sp³-hybridized carbons (Fsp3) is 0.429. The molecule has 7 nitrogen and oxygen atoms in total. The lowest BCUT2D eigenvalue weighted by Crippen LogP contribution is -2.40. The van der Waals surface area contributed by atoms with Crippen molar-refractivity contribution in [2.24, 2.45) is 10.9 Å². The van der Waals surface area contributed by atoms with Crippen molar-refractivity contribution in [3.05, 3.63) is 54.0 Å². The number of ether oxygens (including phenoxy) is 1. The van der Waals surface area contributed by atoms with Gasteiger partial charge < -0.3 is 19.8 Å². The van der Waals surface area contributed by atoms with Crippen molar-refractivity contribution in [1.82, 2.24) is 10.6 Å². The molecule has 1 aromatic carbocycles. The van der Waals surface area contributed by atoms with Crippen LogP contribution >= 0.6 is 0 Å². The summed E-state index contributed by atoms with van der Waals surface area (Å²) in [5.41, 5.74) is 1.93. The van der Waals surface area contributed by atoms with Gasteiger partial charge in [0.25, 0.3) is 0 Å². The van der Waals surface area contributed by atoms with Crippen LogP contribution in [0.15, 0.2) is 52.1 Å². The van der Waals surface area contributed by atoms with Crippen LogP contribution in [0.4, 0.5) is 10.5 Å². The molecule has 0 atom stereocenters. The Kier molecular flexibility index (Phi) is 6.94. The Balaban J connectivity index is 1.56. The molecule has 28 heavy (non-hydrogen) atoms. The predicted molar refractivity (Wildman–Crippen MR) is 110 cm³/mol. The van der Waals surface area contributed by atoms with E-state index in [1.54, 1.807) is 11.2 Å². The van der Waals surface area contributed by atoms with E-state index in [0.29, 0.717) is 25.6 Å². The molecule has 0 saturated carbocycles. The second-order valence-corrected chi connectivity index (χ2v) is 7.13. The van der Waals surface area contributed by atoms with E-state index in [4.69, 9.17) is 9.15 Å². The maximum atomic E-state index is 11.6. The normalized spacial score (nSPS) is 14.5. The van der Waals surface area contributed by atoms with Crippen LogP contribution in [0, 0.1) is 5.92 Å². The molecule has 2 N–H and O–H groups in total. The second-order valence-electron chi connectivity index (χ2n) is 7.13. The summed E-state index contributed by atoms with van der Waals surface area (Å²) < 4.78 is 10.3. The molecule has 0 aliphatic carbocycles. The third-order valence-electron chi connectivity index (χ3n) is 4.35. The molecule has 1 saturated heterocycles. The fourth-order valence-electron chi connectivity index (χ4n) is 2.81. The van der Waals surface area contributed by atoms with Gasteiger partial charge in [0, 0.05) is 25.2 Å². The van der Waals surface area contributed by atoms with Crippen LogP contribution in [-0.2, 0) is 17.7 Å². The number of anilines is 1. The monoisotopic (exact) mass is 384 g/mol. The van der Waals surface area contributed by atoms with E-state index < -0.39 is 0 Å². The minimum absolute atomic E-state index is 0.285. The van der Waals surface area contributed by atoms with Crippen LogP contribution in [0.2, 0.25) is 0 Å². The fourth-order valence-corrected chi connectivity index (χ4v) is 2.81. The average Bonchev–Trinajstić information content (AvgIpc) is 3.35. The number of carbonyl (C=O) groups is 1. The summed E-state index contributed by atoms with van der Waals surface area (Å²) in [6, 6.07) is 11.7. The van der Waals surface area contributed by atoms with Crippen molar-refractivity contribution >= 4 is 17.7 Å². The van der Waals surface area contributed by atoms with Gasteiger partial charge in [0.05, 0.1) is 19.4 Å². The van der Waals surface area contributed by atoms with E-state index >= 15 is 0 Å². The third-order valence-corrected chi connectivity index (χ3v) is 4.35. The number of hydrogen-bond donors (Lipinski definition) is 2. The van der Waals surface area contributed by atoms with Gasteiger partial charge in [-0.2, -0.15) is 0 Å². The standard InChI is InChI=1S/C21H28N4O3/c1-16(2)14-23-20(22-10-9-19-4-3-12-27-19)24-15-17-5-7-18(8-6-17)25-11-13-28-21(25)26/h3-8,12,16H,9-11,13-15H2,1-2H3,(H2,22,23,24). The summed E-state index contributed by atoms with van der Waals surface area (Å²) in [5, 5.41) is 6.73. The molecule has 0 unspecified atom stereocenters. The Labute approximate surface area is 165 Å². The first kappa shape index (κ1) is 19.8. The Morgan fingerprint density at radius 1 is 1.21 bits per heavy atom. The first-order chi connectivity index (χ1) is 13.6. The number of carbonyl (C=O) groups excluding carboxylic acids is 1. The number of furan rings is 1. The topological polar surface area (TPSA) is 79.1 Å². The predicted octanol–water partition coefficient (Wildman–Crippen LogP) is 3.17. The number of nitrogens with one attached hydrogen (secondary N) is 2. The van der Waals surface area contributed by atoms with Crippen LogP contribution in [-0.4, -0.2) is 38.3 Å². The van der Waals surface area contributed by atoms with E-state index in [9.17, 15) is 4.79 Å². The van der Waals surface area contributed by atoms with Gasteiger partial charge in [-0.15, -0.1) is 0 Å². The molecule has 150 valence electrons. The van der Waals surface area contributed by atoms with Gasteiger partial charge in [0.15, 0.2) is 5.96 Å². The van der Waals surface area contributed by atoms with Gasteiger partial charge in [0.2, 0.25) is 0 Å². The number of aliphatic imine (C=N–C) groups is 1. The molecule has 7 heteroatoms. The summed E-state index contributed by atoms with van der Waals surface area (Å²) in [6.07, 6.45) is 2.20. The van der Waals surface area contributed by atoms with Gasteiger partial charge in [-0.05, 0) is 35.7 Å². The van der Waals surface area contributed by atoms with Crippen molar-refractivity contribution in [2.75, 3.05) is 31.1 Å². The zero-order valence-corrected chi connectivity index (χ0v) is 16.5. The van der Waals surface area contributed by atoms with E-state index in [1.807, 2.05) is 36.4 Å². The zero-order valence-electron chi connectivity index (χ0n) is 16.5. The summed E-state index contributed by atoms with van der Waals surface area (Å²) >= 11 is 0. The molecule has 0 bridgehead atoms. The Hall–Kier alpha value is -2.96. The molecular weight excluding hydrogens is 356 g/mol. The van der Waals surface area contributed by atoms with Crippen molar-refractivity contribution in [2.45, 2.75) is 26.8 Å². The van der Waals surface area contributed by atoms with Crippen LogP contribution in [0.3, 0.4) is 0 Å². The summed E-state index contributed by atoms with van der Waals surface area (Å²) in [7, 11) is 0. The molecule has 1 fully saturated rings. The van der Waals surface area contributed by atoms with Crippen molar-refractivity contribution < 1.29 is 13.9 Å². The quantitative estimate of drug-likeness (QED) is 0.540. The molecule has 2 aromatic rings. The Morgan fingerprint density at radius 2 is 2.04 bits per heavy atom. The smallest absolute Gasteiger partial charge is 0.414 e. The highest BCUT2D eigenvalue weighted by molar-refractivity contribution is 5.89. The highest BCUT2D eigenvalue weighted by Crippen LogP contribution is 2.19. The SMILES string of the molecule is CC(C)CNC(=NCc1ccc(N2CCOC2=O)cc1)NCCc1ccco1. The van der Waals surface area contributed by atoms with Crippen LogP contribution in [0.25, 0.3) is 0 Å². The van der Waals surface area contributed by atoms with Gasteiger partial charge in [0.1, 0.15) is 12.4 Å². The molecule has 3 rings (SSSR count). The highest BCUT2D eigenvalue weighted by Gasteiger charge is 2.23. The second kappa shape index (κ2) is 9.82. The summed E-state index contributed by atoms with van der Waals surface area (Å²) in [4.78, 5) is 18.0. The Morgan fingerprint density at radius 3 is 2.68 bits per heavy atom. The van der Waals surface area contributed by atoms with E-state index in [-0.39, 0.29) is 6.09 Å².